The number of hydrogen-bond acceptors (Lipinski definition) is 7. The minimum Gasteiger partial charge on any atom is -0.493 e. The van der Waals surface area contributed by atoms with E-state index in [9.17, 15) is 14.9 Å². The van der Waals surface area contributed by atoms with Crippen LogP contribution in [0.5, 0.6) is 17.2 Å². The van der Waals surface area contributed by atoms with Crippen molar-refractivity contribution in [3.8, 4) is 17.2 Å². The van der Waals surface area contributed by atoms with E-state index in [1.54, 1.807) is 24.3 Å². The van der Waals surface area contributed by atoms with Gasteiger partial charge in [-0.15, -0.1) is 0 Å². The van der Waals surface area contributed by atoms with Crippen LogP contribution in [0.4, 0.5) is 11.4 Å². The predicted molar refractivity (Wildman–Crippen MR) is 124 cm³/mol. The first-order valence-corrected chi connectivity index (χ1v) is 10.2. The molecule has 0 aromatic heterocycles. The van der Waals surface area contributed by atoms with Gasteiger partial charge in [0.2, 0.25) is 5.75 Å². The van der Waals surface area contributed by atoms with E-state index in [-0.39, 0.29) is 11.6 Å². The van der Waals surface area contributed by atoms with Crippen LogP contribution in [0.15, 0.2) is 66.7 Å². The van der Waals surface area contributed by atoms with Crippen molar-refractivity contribution in [2.24, 2.45) is 0 Å². The van der Waals surface area contributed by atoms with Gasteiger partial charge in [-0.05, 0) is 29.8 Å². The number of hydrogen-bond donors (Lipinski definition) is 2. The Kier molecular flexibility index (Phi) is 8.07. The SMILES string of the molecule is COc1cc(C(=O)NCCNc2ccc([N+](=O)[O-])cc2)cc(OC)c1OCc1ccccc1. The van der Waals surface area contributed by atoms with E-state index in [0.717, 1.165) is 11.3 Å². The second-order valence-corrected chi connectivity index (χ2v) is 6.97. The van der Waals surface area contributed by atoms with Crippen molar-refractivity contribution in [2.75, 3.05) is 32.6 Å². The molecule has 172 valence electrons. The number of anilines is 1. The first kappa shape index (κ1) is 23.4. The number of benzene rings is 3. The van der Waals surface area contributed by atoms with Gasteiger partial charge in [-0.25, -0.2) is 0 Å². The highest BCUT2D eigenvalue weighted by Gasteiger charge is 2.18. The van der Waals surface area contributed by atoms with Gasteiger partial charge in [-0.3, -0.25) is 14.9 Å². The fourth-order valence-corrected chi connectivity index (χ4v) is 3.07. The predicted octanol–water partition coefficient (Wildman–Crippen LogP) is 4.03. The number of methoxy groups -OCH3 is 2. The molecule has 1 amide bonds. The highest BCUT2D eigenvalue weighted by molar-refractivity contribution is 5.95. The first-order valence-electron chi connectivity index (χ1n) is 10.2. The van der Waals surface area contributed by atoms with Gasteiger partial charge < -0.3 is 24.8 Å². The lowest BCUT2D eigenvalue weighted by Crippen LogP contribution is -2.28. The molecular formula is C24H25N3O6. The normalized spacial score (nSPS) is 10.2. The van der Waals surface area contributed by atoms with Crippen LogP contribution >= 0.6 is 0 Å². The van der Waals surface area contributed by atoms with E-state index in [1.165, 1.54) is 26.4 Å². The Morgan fingerprint density at radius 3 is 2.15 bits per heavy atom. The summed E-state index contributed by atoms with van der Waals surface area (Å²) in [6, 6.07) is 18.9. The summed E-state index contributed by atoms with van der Waals surface area (Å²) in [5.41, 5.74) is 2.10. The number of non-ortho nitro benzene ring substituents is 1. The van der Waals surface area contributed by atoms with Gasteiger partial charge >= 0.3 is 0 Å². The molecule has 0 unspecified atom stereocenters. The highest BCUT2D eigenvalue weighted by atomic mass is 16.6. The van der Waals surface area contributed by atoms with Crippen LogP contribution in [0.3, 0.4) is 0 Å². The molecule has 0 fully saturated rings. The van der Waals surface area contributed by atoms with Crippen LogP contribution in [-0.4, -0.2) is 38.1 Å². The molecule has 0 saturated carbocycles. The molecule has 33 heavy (non-hydrogen) atoms. The third-order valence-corrected chi connectivity index (χ3v) is 4.77. The zero-order chi connectivity index (χ0) is 23.6. The molecule has 0 aliphatic rings. The molecule has 2 N–H and O–H groups in total. The first-order chi connectivity index (χ1) is 16.0. The van der Waals surface area contributed by atoms with Gasteiger partial charge in [0, 0.05) is 36.5 Å². The summed E-state index contributed by atoms with van der Waals surface area (Å²) in [5.74, 6) is 0.894. The van der Waals surface area contributed by atoms with Gasteiger partial charge in [0.15, 0.2) is 11.5 Å². The van der Waals surface area contributed by atoms with Crippen molar-refractivity contribution >= 4 is 17.3 Å². The summed E-state index contributed by atoms with van der Waals surface area (Å²) in [4.78, 5) is 22.9. The minimum absolute atomic E-state index is 0.0212. The Balaban J connectivity index is 1.59. The van der Waals surface area contributed by atoms with Crippen molar-refractivity contribution in [3.05, 3.63) is 88.0 Å². The number of carbonyl (C=O) groups excluding carboxylic acids is 1. The van der Waals surface area contributed by atoms with Crippen molar-refractivity contribution in [1.82, 2.24) is 5.32 Å². The van der Waals surface area contributed by atoms with Gasteiger partial charge in [-0.2, -0.15) is 0 Å². The van der Waals surface area contributed by atoms with Crippen molar-refractivity contribution < 1.29 is 23.9 Å². The van der Waals surface area contributed by atoms with Crippen LogP contribution in [0.1, 0.15) is 15.9 Å². The summed E-state index contributed by atoms with van der Waals surface area (Å²) in [7, 11) is 3.00. The lowest BCUT2D eigenvalue weighted by Gasteiger charge is -2.16. The third-order valence-electron chi connectivity index (χ3n) is 4.77. The number of nitro groups is 1. The molecule has 0 spiro atoms. The fourth-order valence-electron chi connectivity index (χ4n) is 3.07. The summed E-state index contributed by atoms with van der Waals surface area (Å²) < 4.78 is 16.8. The molecule has 0 saturated heterocycles. The van der Waals surface area contributed by atoms with E-state index in [1.807, 2.05) is 30.3 Å². The molecule has 0 atom stereocenters. The maximum atomic E-state index is 12.6. The summed E-state index contributed by atoms with van der Waals surface area (Å²) in [5, 5.41) is 16.6. The summed E-state index contributed by atoms with van der Waals surface area (Å²) >= 11 is 0. The van der Waals surface area contributed by atoms with Gasteiger partial charge in [0.05, 0.1) is 19.1 Å². The molecule has 3 rings (SSSR count). The Morgan fingerprint density at radius 1 is 0.939 bits per heavy atom. The fraction of sp³-hybridized carbons (Fsp3) is 0.208. The Bertz CT molecular complexity index is 1060. The quantitative estimate of drug-likeness (QED) is 0.257. The molecule has 0 bridgehead atoms. The van der Waals surface area contributed by atoms with Crippen LogP contribution in [0, 0.1) is 10.1 Å². The number of amides is 1. The highest BCUT2D eigenvalue weighted by Crippen LogP contribution is 2.39. The molecule has 0 radical (unpaired) electrons. The minimum atomic E-state index is -0.454. The zero-order valence-corrected chi connectivity index (χ0v) is 18.4. The lowest BCUT2D eigenvalue weighted by molar-refractivity contribution is -0.384. The van der Waals surface area contributed by atoms with Crippen LogP contribution < -0.4 is 24.8 Å². The average Bonchev–Trinajstić information content (AvgIpc) is 2.85. The second-order valence-electron chi connectivity index (χ2n) is 6.97. The smallest absolute Gasteiger partial charge is 0.269 e. The molecular weight excluding hydrogens is 426 g/mol. The van der Waals surface area contributed by atoms with Crippen molar-refractivity contribution in [3.63, 3.8) is 0 Å². The maximum absolute atomic E-state index is 12.6. The standard InChI is InChI=1S/C24H25N3O6/c1-31-21-14-18(15-22(32-2)23(21)33-16-17-6-4-3-5-7-17)24(28)26-13-12-25-19-8-10-20(11-9-19)27(29)30/h3-11,14-15,25H,12-13,16H2,1-2H3,(H,26,28). The number of nitrogens with zero attached hydrogens (tertiary/aromatic N) is 1. The molecule has 9 heteroatoms. The van der Waals surface area contributed by atoms with Crippen LogP contribution in [0.25, 0.3) is 0 Å². The van der Waals surface area contributed by atoms with Crippen molar-refractivity contribution in [2.45, 2.75) is 6.61 Å². The number of nitrogens with one attached hydrogen (secondary N) is 2. The topological polar surface area (TPSA) is 112 Å². The number of nitro benzene ring substituents is 1. The van der Waals surface area contributed by atoms with Crippen molar-refractivity contribution in [1.29, 1.82) is 0 Å². The average molecular weight is 451 g/mol. The Morgan fingerprint density at radius 2 is 1.58 bits per heavy atom. The third kappa shape index (κ3) is 6.36. The number of carbonyl (C=O) groups is 1. The van der Waals surface area contributed by atoms with E-state index >= 15 is 0 Å². The Hall–Kier alpha value is -4.27. The van der Waals surface area contributed by atoms with Gasteiger partial charge in [0.25, 0.3) is 11.6 Å². The largest absolute Gasteiger partial charge is 0.493 e. The molecule has 3 aromatic rings. The summed E-state index contributed by atoms with van der Waals surface area (Å²) in [6.07, 6.45) is 0. The van der Waals surface area contributed by atoms with Gasteiger partial charge in [0.1, 0.15) is 6.61 Å². The van der Waals surface area contributed by atoms with Crippen LogP contribution in [-0.2, 0) is 6.61 Å². The van der Waals surface area contributed by atoms with E-state index < -0.39 is 4.92 Å². The molecule has 3 aromatic carbocycles. The summed E-state index contributed by atoms with van der Waals surface area (Å²) in [6.45, 7) is 1.11. The Labute approximate surface area is 191 Å². The maximum Gasteiger partial charge on any atom is 0.269 e. The van der Waals surface area contributed by atoms with Crippen LogP contribution in [0.2, 0.25) is 0 Å². The monoisotopic (exact) mass is 451 g/mol. The number of ether oxygens (including phenoxy) is 3. The van der Waals surface area contributed by atoms with E-state index in [0.29, 0.717) is 42.5 Å². The molecule has 0 aliphatic heterocycles. The second kappa shape index (κ2) is 11.4. The molecule has 0 heterocycles. The van der Waals surface area contributed by atoms with E-state index in [2.05, 4.69) is 10.6 Å². The van der Waals surface area contributed by atoms with Gasteiger partial charge in [-0.1, -0.05) is 30.3 Å². The molecule has 0 aliphatic carbocycles. The lowest BCUT2D eigenvalue weighted by atomic mass is 10.1. The molecule has 9 nitrogen and oxygen atoms in total. The number of rotatable bonds is 11. The van der Waals surface area contributed by atoms with E-state index in [4.69, 9.17) is 14.2 Å². The zero-order valence-electron chi connectivity index (χ0n) is 18.4.